The lowest BCUT2D eigenvalue weighted by Gasteiger charge is -2.17. The van der Waals surface area contributed by atoms with Crippen LogP contribution in [-0.2, 0) is 0 Å². The van der Waals surface area contributed by atoms with Crippen LogP contribution in [0.1, 0.15) is 31.9 Å². The second kappa shape index (κ2) is 6.99. The van der Waals surface area contributed by atoms with Gasteiger partial charge in [0.2, 0.25) is 0 Å². The average Bonchev–Trinajstić information content (AvgIpc) is 2.28. The molecule has 0 aliphatic carbocycles. The Morgan fingerprint density at radius 2 is 2.12 bits per heavy atom. The van der Waals surface area contributed by atoms with Gasteiger partial charge in [-0.15, -0.1) is 0 Å². The van der Waals surface area contributed by atoms with Crippen LogP contribution in [0.15, 0.2) is 22.7 Å². The van der Waals surface area contributed by atoms with Gasteiger partial charge >= 0.3 is 0 Å². The number of hydrogen-bond donors (Lipinski definition) is 2. The molecule has 4 heteroatoms. The molecule has 0 aromatic heterocycles. The molecule has 96 valence electrons. The Hall–Kier alpha value is -0.580. The van der Waals surface area contributed by atoms with Crippen LogP contribution in [0.4, 0.5) is 0 Å². The fourth-order valence-electron chi connectivity index (χ4n) is 1.49. The SMILES string of the molecule is CNC(C)c1ccc(Br)cc1OCCC(C)O. The molecule has 1 aromatic rings. The van der Waals surface area contributed by atoms with Gasteiger partial charge < -0.3 is 15.2 Å². The van der Waals surface area contributed by atoms with Crippen molar-refractivity contribution in [3.8, 4) is 5.75 Å². The third-order valence-corrected chi connectivity index (χ3v) is 3.16. The standard InChI is InChI=1S/C13H20BrNO2/c1-9(16)6-7-17-13-8-11(14)4-5-12(13)10(2)15-3/h4-5,8-10,15-16H,6-7H2,1-3H3. The van der Waals surface area contributed by atoms with Crippen LogP contribution in [-0.4, -0.2) is 24.9 Å². The molecule has 1 aromatic carbocycles. The molecule has 0 spiro atoms. The van der Waals surface area contributed by atoms with E-state index in [-0.39, 0.29) is 12.1 Å². The summed E-state index contributed by atoms with van der Waals surface area (Å²) < 4.78 is 6.72. The summed E-state index contributed by atoms with van der Waals surface area (Å²) in [7, 11) is 1.92. The second-order valence-corrected chi connectivity index (χ2v) is 5.09. The molecule has 17 heavy (non-hydrogen) atoms. The largest absolute Gasteiger partial charge is 0.493 e. The first-order chi connectivity index (χ1) is 8.04. The Morgan fingerprint density at radius 3 is 2.71 bits per heavy atom. The number of aliphatic hydroxyl groups excluding tert-OH is 1. The summed E-state index contributed by atoms with van der Waals surface area (Å²) in [6.07, 6.45) is 0.312. The maximum Gasteiger partial charge on any atom is 0.125 e. The molecule has 0 heterocycles. The molecule has 0 radical (unpaired) electrons. The van der Waals surface area contributed by atoms with Gasteiger partial charge in [-0.3, -0.25) is 0 Å². The van der Waals surface area contributed by atoms with Gasteiger partial charge in [0.05, 0.1) is 12.7 Å². The molecule has 2 atom stereocenters. The zero-order valence-electron chi connectivity index (χ0n) is 10.5. The highest BCUT2D eigenvalue weighted by Crippen LogP contribution is 2.28. The zero-order valence-corrected chi connectivity index (χ0v) is 12.1. The molecular formula is C13H20BrNO2. The quantitative estimate of drug-likeness (QED) is 0.849. The molecule has 0 fully saturated rings. The molecule has 0 saturated heterocycles. The summed E-state index contributed by atoms with van der Waals surface area (Å²) in [5, 5.41) is 12.4. The fraction of sp³-hybridized carbons (Fsp3) is 0.538. The lowest BCUT2D eigenvalue weighted by atomic mass is 10.1. The van der Waals surface area contributed by atoms with Crippen molar-refractivity contribution >= 4 is 15.9 Å². The first kappa shape index (κ1) is 14.5. The van der Waals surface area contributed by atoms with Crippen molar-refractivity contribution in [1.29, 1.82) is 0 Å². The molecule has 0 bridgehead atoms. The van der Waals surface area contributed by atoms with Crippen molar-refractivity contribution in [2.45, 2.75) is 32.4 Å². The number of rotatable bonds is 6. The van der Waals surface area contributed by atoms with Gasteiger partial charge in [-0.1, -0.05) is 22.0 Å². The average molecular weight is 302 g/mol. The minimum atomic E-state index is -0.327. The molecule has 2 unspecified atom stereocenters. The van der Waals surface area contributed by atoms with E-state index in [2.05, 4.69) is 28.2 Å². The molecule has 1 rings (SSSR count). The number of nitrogens with one attached hydrogen (secondary N) is 1. The van der Waals surface area contributed by atoms with Gasteiger partial charge in [0.15, 0.2) is 0 Å². The molecule has 0 aliphatic rings. The Labute approximate surface area is 111 Å². The van der Waals surface area contributed by atoms with Crippen LogP contribution in [0.2, 0.25) is 0 Å². The van der Waals surface area contributed by atoms with Gasteiger partial charge in [0.25, 0.3) is 0 Å². The first-order valence-electron chi connectivity index (χ1n) is 5.82. The Balaban J connectivity index is 2.76. The van der Waals surface area contributed by atoms with E-state index in [1.165, 1.54) is 0 Å². The number of ether oxygens (including phenoxy) is 1. The minimum Gasteiger partial charge on any atom is -0.493 e. The summed E-state index contributed by atoms with van der Waals surface area (Å²) in [5.41, 5.74) is 1.13. The van der Waals surface area contributed by atoms with Gasteiger partial charge in [-0.2, -0.15) is 0 Å². The Kier molecular flexibility index (Phi) is 5.95. The van der Waals surface area contributed by atoms with Crippen molar-refractivity contribution in [2.75, 3.05) is 13.7 Å². The van der Waals surface area contributed by atoms with Gasteiger partial charge in [-0.05, 0) is 33.0 Å². The van der Waals surface area contributed by atoms with E-state index < -0.39 is 0 Å². The van der Waals surface area contributed by atoms with E-state index in [1.807, 2.05) is 25.2 Å². The Bertz CT molecular complexity index is 355. The van der Waals surface area contributed by atoms with Crippen molar-refractivity contribution < 1.29 is 9.84 Å². The van der Waals surface area contributed by atoms with Crippen LogP contribution in [0.25, 0.3) is 0 Å². The topological polar surface area (TPSA) is 41.5 Å². The highest BCUT2D eigenvalue weighted by atomic mass is 79.9. The highest BCUT2D eigenvalue weighted by Gasteiger charge is 2.10. The van der Waals surface area contributed by atoms with Crippen LogP contribution >= 0.6 is 15.9 Å². The third kappa shape index (κ3) is 4.66. The van der Waals surface area contributed by atoms with E-state index in [9.17, 15) is 5.11 Å². The lowest BCUT2D eigenvalue weighted by molar-refractivity contribution is 0.155. The molecule has 0 aliphatic heterocycles. The smallest absolute Gasteiger partial charge is 0.125 e. The number of aliphatic hydroxyl groups is 1. The van der Waals surface area contributed by atoms with E-state index in [1.54, 1.807) is 6.92 Å². The summed E-state index contributed by atoms with van der Waals surface area (Å²) in [6, 6.07) is 6.25. The van der Waals surface area contributed by atoms with Crippen molar-refractivity contribution in [1.82, 2.24) is 5.32 Å². The van der Waals surface area contributed by atoms with Crippen molar-refractivity contribution in [3.05, 3.63) is 28.2 Å². The second-order valence-electron chi connectivity index (χ2n) is 4.18. The van der Waals surface area contributed by atoms with E-state index in [4.69, 9.17) is 4.74 Å². The predicted molar refractivity (Wildman–Crippen MR) is 73.4 cm³/mol. The number of hydrogen-bond acceptors (Lipinski definition) is 3. The molecule has 3 nitrogen and oxygen atoms in total. The van der Waals surface area contributed by atoms with E-state index in [0.717, 1.165) is 15.8 Å². The maximum absolute atomic E-state index is 9.21. The molecular weight excluding hydrogens is 282 g/mol. The maximum atomic E-state index is 9.21. The first-order valence-corrected chi connectivity index (χ1v) is 6.61. The van der Waals surface area contributed by atoms with Crippen LogP contribution in [0.3, 0.4) is 0 Å². The summed E-state index contributed by atoms with van der Waals surface area (Å²) in [6.45, 7) is 4.38. The molecule has 0 amide bonds. The van der Waals surface area contributed by atoms with Crippen LogP contribution in [0.5, 0.6) is 5.75 Å². The monoisotopic (exact) mass is 301 g/mol. The predicted octanol–water partition coefficient (Wildman–Crippen LogP) is 2.88. The number of halogens is 1. The van der Waals surface area contributed by atoms with Crippen LogP contribution in [0, 0.1) is 0 Å². The summed E-state index contributed by atoms with van der Waals surface area (Å²) >= 11 is 3.44. The van der Waals surface area contributed by atoms with E-state index >= 15 is 0 Å². The number of benzene rings is 1. The fourth-order valence-corrected chi connectivity index (χ4v) is 1.83. The summed E-state index contributed by atoms with van der Waals surface area (Å²) in [5.74, 6) is 0.863. The third-order valence-electron chi connectivity index (χ3n) is 2.67. The molecule has 0 saturated carbocycles. The highest BCUT2D eigenvalue weighted by molar-refractivity contribution is 9.10. The zero-order chi connectivity index (χ0) is 12.8. The van der Waals surface area contributed by atoms with Gasteiger partial charge in [0.1, 0.15) is 5.75 Å². The van der Waals surface area contributed by atoms with E-state index in [0.29, 0.717) is 13.0 Å². The van der Waals surface area contributed by atoms with Crippen LogP contribution < -0.4 is 10.1 Å². The summed E-state index contributed by atoms with van der Waals surface area (Å²) in [4.78, 5) is 0. The van der Waals surface area contributed by atoms with Gasteiger partial charge in [0, 0.05) is 22.5 Å². The normalized spacial score (nSPS) is 14.4. The van der Waals surface area contributed by atoms with Gasteiger partial charge in [-0.25, -0.2) is 0 Å². The molecule has 2 N–H and O–H groups in total. The van der Waals surface area contributed by atoms with Crippen molar-refractivity contribution in [2.24, 2.45) is 0 Å². The Morgan fingerprint density at radius 1 is 1.41 bits per heavy atom. The van der Waals surface area contributed by atoms with Crippen molar-refractivity contribution in [3.63, 3.8) is 0 Å². The minimum absolute atomic E-state index is 0.240. The lowest BCUT2D eigenvalue weighted by Crippen LogP contribution is -2.15.